The molecule has 4 rings (SSSR count). The Hall–Kier alpha value is -2.06. The molecule has 0 saturated carbocycles. The zero-order valence-electron chi connectivity index (χ0n) is 14.1. The fraction of sp³-hybridized carbons (Fsp3) is 0.278. The van der Waals surface area contributed by atoms with Crippen LogP contribution in [0.5, 0.6) is 0 Å². The minimum absolute atomic E-state index is 0.169. The standard InChI is InChI=1S/C18H17BrN4O2S/c1-2-3-10-26-18-21-17(24)15-11-6-4-5-7-12(11)20-16(23(15)22-18)13-8-9-14(19)25-13/h4-9,16H,2-3,10H2,1H3,(H,21,22,24). The molecule has 6 nitrogen and oxygen atoms in total. The van der Waals surface area contributed by atoms with Crippen molar-refractivity contribution in [3.05, 3.63) is 57.4 Å². The molecule has 8 heteroatoms. The number of thioether (sulfide) groups is 1. The molecule has 1 atom stereocenters. The highest BCUT2D eigenvalue weighted by Crippen LogP contribution is 2.32. The van der Waals surface area contributed by atoms with E-state index in [2.05, 4.69) is 33.3 Å². The number of furan rings is 1. The van der Waals surface area contributed by atoms with Gasteiger partial charge in [-0.05, 0) is 40.5 Å². The van der Waals surface area contributed by atoms with Gasteiger partial charge in [-0.25, -0.2) is 10.0 Å². The maximum Gasteiger partial charge on any atom is 0.276 e. The van der Waals surface area contributed by atoms with Crippen LogP contribution in [0.15, 0.2) is 55.6 Å². The zero-order chi connectivity index (χ0) is 18.1. The number of para-hydroxylation sites is 1. The van der Waals surface area contributed by atoms with Crippen molar-refractivity contribution < 1.29 is 9.21 Å². The number of rotatable bonds is 4. The van der Waals surface area contributed by atoms with Crippen LogP contribution in [0.3, 0.4) is 0 Å². The number of carbonyl (C=O) groups excluding carboxylic acids is 1. The number of carbonyl (C=O) groups is 1. The van der Waals surface area contributed by atoms with Gasteiger partial charge in [-0.1, -0.05) is 43.3 Å². The van der Waals surface area contributed by atoms with Crippen molar-refractivity contribution in [2.75, 3.05) is 5.75 Å². The lowest BCUT2D eigenvalue weighted by Crippen LogP contribution is -2.50. The molecule has 1 amide bonds. The third-order valence-electron chi connectivity index (χ3n) is 4.10. The van der Waals surface area contributed by atoms with E-state index in [4.69, 9.17) is 9.41 Å². The van der Waals surface area contributed by atoms with E-state index in [-0.39, 0.29) is 5.91 Å². The molecule has 0 saturated heterocycles. The maximum absolute atomic E-state index is 12.9. The monoisotopic (exact) mass is 432 g/mol. The highest BCUT2D eigenvalue weighted by atomic mass is 79.9. The molecular weight excluding hydrogens is 416 g/mol. The number of benzene rings is 1. The first kappa shape index (κ1) is 17.4. The molecule has 1 unspecified atom stereocenters. The second kappa shape index (κ2) is 7.28. The van der Waals surface area contributed by atoms with Crippen molar-refractivity contribution in [1.29, 1.82) is 0 Å². The Kier molecular flexibility index (Phi) is 4.86. The molecule has 2 aliphatic rings. The summed E-state index contributed by atoms with van der Waals surface area (Å²) < 4.78 is 6.33. The van der Waals surface area contributed by atoms with Gasteiger partial charge in [0, 0.05) is 11.0 Å². The molecule has 0 aliphatic carbocycles. The minimum atomic E-state index is -0.515. The van der Waals surface area contributed by atoms with Gasteiger partial charge < -0.3 is 4.42 Å². The van der Waals surface area contributed by atoms with E-state index in [1.165, 1.54) is 0 Å². The number of unbranched alkanes of at least 4 members (excludes halogenated alkanes) is 1. The molecule has 26 heavy (non-hydrogen) atoms. The Morgan fingerprint density at radius 2 is 2.15 bits per heavy atom. The Balaban J connectivity index is 1.83. The Morgan fingerprint density at radius 3 is 2.92 bits per heavy atom. The number of hydrogen-bond donors (Lipinski definition) is 1. The van der Waals surface area contributed by atoms with E-state index in [0.29, 0.717) is 21.3 Å². The average Bonchev–Trinajstić information content (AvgIpc) is 3.07. The number of nitrogens with one attached hydrogen (secondary N) is 1. The van der Waals surface area contributed by atoms with Gasteiger partial charge in [0.25, 0.3) is 5.91 Å². The number of nitrogens with zero attached hydrogens (tertiary/aromatic N) is 3. The van der Waals surface area contributed by atoms with Crippen molar-refractivity contribution in [3.8, 4) is 0 Å². The molecule has 3 heterocycles. The van der Waals surface area contributed by atoms with Gasteiger partial charge in [-0.3, -0.25) is 10.1 Å². The van der Waals surface area contributed by atoms with Gasteiger partial charge in [0.1, 0.15) is 5.70 Å². The molecule has 0 bridgehead atoms. The summed E-state index contributed by atoms with van der Waals surface area (Å²) in [5.74, 6) is 1.36. The molecule has 0 fully saturated rings. The van der Waals surface area contributed by atoms with Crippen LogP contribution in [0.2, 0.25) is 0 Å². The minimum Gasteiger partial charge on any atom is -0.450 e. The SMILES string of the molecule is CCCCSC1=NN2C(=c3ccccc3=NC2c2ccc(Br)o2)C(=O)N1. The van der Waals surface area contributed by atoms with Gasteiger partial charge in [-0.2, -0.15) is 0 Å². The van der Waals surface area contributed by atoms with Crippen molar-refractivity contribution in [2.24, 2.45) is 10.1 Å². The van der Waals surface area contributed by atoms with E-state index in [9.17, 15) is 4.79 Å². The summed E-state index contributed by atoms with van der Waals surface area (Å²) in [7, 11) is 0. The largest absolute Gasteiger partial charge is 0.450 e. The number of hydrazone groups is 1. The summed E-state index contributed by atoms with van der Waals surface area (Å²) in [5.41, 5.74) is 0.493. The second-order valence-corrected chi connectivity index (χ2v) is 7.78. The lowest BCUT2D eigenvalue weighted by Gasteiger charge is -2.32. The first-order chi connectivity index (χ1) is 12.7. The predicted molar refractivity (Wildman–Crippen MR) is 105 cm³/mol. The molecular formula is C18H17BrN4O2S. The summed E-state index contributed by atoms with van der Waals surface area (Å²) >= 11 is 4.88. The molecule has 2 aromatic rings. The van der Waals surface area contributed by atoms with Crippen molar-refractivity contribution >= 4 is 44.5 Å². The number of hydrogen-bond acceptors (Lipinski definition) is 6. The highest BCUT2D eigenvalue weighted by molar-refractivity contribution is 9.10. The quantitative estimate of drug-likeness (QED) is 0.753. The molecule has 0 radical (unpaired) electrons. The molecule has 0 spiro atoms. The van der Waals surface area contributed by atoms with Gasteiger partial charge in [0.15, 0.2) is 15.6 Å². The van der Waals surface area contributed by atoms with Crippen LogP contribution < -0.4 is 15.9 Å². The molecule has 134 valence electrons. The van der Waals surface area contributed by atoms with Gasteiger partial charge in [0.2, 0.25) is 6.17 Å². The van der Waals surface area contributed by atoms with Gasteiger partial charge in [0.05, 0.1) is 5.36 Å². The van der Waals surface area contributed by atoms with E-state index >= 15 is 0 Å². The second-order valence-electron chi connectivity index (χ2n) is 5.92. The topological polar surface area (TPSA) is 70.2 Å². The van der Waals surface area contributed by atoms with Crippen LogP contribution >= 0.6 is 27.7 Å². The lowest BCUT2D eigenvalue weighted by atomic mass is 10.1. The fourth-order valence-corrected chi connectivity index (χ4v) is 4.11. The predicted octanol–water partition coefficient (Wildman–Crippen LogP) is 2.72. The summed E-state index contributed by atoms with van der Waals surface area (Å²) in [6.07, 6.45) is 1.65. The normalized spacial score (nSPS) is 18.6. The van der Waals surface area contributed by atoms with Crippen molar-refractivity contribution in [2.45, 2.75) is 25.9 Å². The molecule has 1 aromatic heterocycles. The van der Waals surface area contributed by atoms with Crippen LogP contribution in [0.4, 0.5) is 0 Å². The zero-order valence-corrected chi connectivity index (χ0v) is 16.5. The number of amidine groups is 1. The van der Waals surface area contributed by atoms with Crippen molar-refractivity contribution in [1.82, 2.24) is 10.3 Å². The van der Waals surface area contributed by atoms with Gasteiger partial charge >= 0.3 is 0 Å². The summed E-state index contributed by atoms with van der Waals surface area (Å²) in [6.45, 7) is 2.14. The first-order valence-corrected chi connectivity index (χ1v) is 10.2. The smallest absolute Gasteiger partial charge is 0.276 e. The highest BCUT2D eigenvalue weighted by Gasteiger charge is 2.35. The van der Waals surface area contributed by atoms with Crippen LogP contribution in [0.1, 0.15) is 31.7 Å². The van der Waals surface area contributed by atoms with E-state index in [1.54, 1.807) is 16.8 Å². The van der Waals surface area contributed by atoms with E-state index in [1.807, 2.05) is 36.4 Å². The van der Waals surface area contributed by atoms with Crippen LogP contribution in [-0.4, -0.2) is 21.8 Å². The summed E-state index contributed by atoms with van der Waals surface area (Å²) in [5, 5.41) is 11.4. The van der Waals surface area contributed by atoms with E-state index < -0.39 is 6.17 Å². The Labute approximate surface area is 163 Å². The number of fused-ring (bicyclic) bond motifs is 2. The third-order valence-corrected chi connectivity index (χ3v) is 5.48. The van der Waals surface area contributed by atoms with Crippen LogP contribution in [0.25, 0.3) is 5.70 Å². The van der Waals surface area contributed by atoms with Gasteiger partial charge in [-0.15, -0.1) is 5.10 Å². The number of amides is 1. The van der Waals surface area contributed by atoms with Crippen LogP contribution in [0, 0.1) is 0 Å². The molecule has 2 aliphatic heterocycles. The molecule has 1 N–H and O–H groups in total. The Bertz CT molecular complexity index is 1000. The Morgan fingerprint density at radius 1 is 1.31 bits per heavy atom. The lowest BCUT2D eigenvalue weighted by molar-refractivity contribution is -0.116. The maximum atomic E-state index is 12.9. The third kappa shape index (κ3) is 3.19. The van der Waals surface area contributed by atoms with Crippen molar-refractivity contribution in [3.63, 3.8) is 0 Å². The molecule has 1 aromatic carbocycles. The first-order valence-electron chi connectivity index (χ1n) is 8.42. The summed E-state index contributed by atoms with van der Waals surface area (Å²) in [6, 6.07) is 11.2. The average molecular weight is 433 g/mol. The summed E-state index contributed by atoms with van der Waals surface area (Å²) in [4.78, 5) is 17.6. The van der Waals surface area contributed by atoms with Crippen LogP contribution in [-0.2, 0) is 4.79 Å². The van der Waals surface area contributed by atoms with E-state index in [0.717, 1.165) is 29.2 Å². The fourth-order valence-electron chi connectivity index (χ4n) is 2.86. The number of halogens is 1.